The summed E-state index contributed by atoms with van der Waals surface area (Å²) in [6, 6.07) is 4.24. The third-order valence-electron chi connectivity index (χ3n) is 4.78. The molecule has 3 rings (SSSR count). The van der Waals surface area contributed by atoms with Gasteiger partial charge >= 0.3 is 6.09 Å². The van der Waals surface area contributed by atoms with Gasteiger partial charge in [-0.2, -0.15) is 10.1 Å². The van der Waals surface area contributed by atoms with Crippen LogP contribution in [0.5, 0.6) is 0 Å². The first-order valence-electron chi connectivity index (χ1n) is 9.63. The lowest BCUT2D eigenvalue weighted by atomic mass is 10.1. The summed E-state index contributed by atoms with van der Waals surface area (Å²) >= 11 is 0. The van der Waals surface area contributed by atoms with E-state index in [9.17, 15) is 4.79 Å². The second-order valence-corrected chi connectivity index (χ2v) is 6.77. The smallest absolute Gasteiger partial charge is 0.409 e. The molecule has 9 nitrogen and oxygen atoms in total. The van der Waals surface area contributed by atoms with E-state index in [4.69, 9.17) is 4.74 Å². The van der Waals surface area contributed by atoms with Crippen molar-refractivity contribution in [2.45, 2.75) is 32.2 Å². The molecule has 2 aromatic heterocycles. The zero-order chi connectivity index (χ0) is 19.8. The van der Waals surface area contributed by atoms with Crippen molar-refractivity contribution < 1.29 is 9.53 Å². The van der Waals surface area contributed by atoms with Crippen LogP contribution in [-0.2, 0) is 11.2 Å². The Hall–Kier alpha value is -2.97. The molecule has 0 aliphatic carbocycles. The maximum absolute atomic E-state index is 11.8. The Morgan fingerprint density at radius 2 is 2.07 bits per heavy atom. The van der Waals surface area contributed by atoms with Gasteiger partial charge in [0.05, 0.1) is 12.8 Å². The fourth-order valence-corrected chi connectivity index (χ4v) is 3.10. The van der Waals surface area contributed by atoms with Gasteiger partial charge in [0.25, 0.3) is 0 Å². The number of hydrogen-bond donors (Lipinski definition) is 1. The molecule has 9 heteroatoms. The molecule has 0 saturated carbocycles. The van der Waals surface area contributed by atoms with E-state index in [0.717, 1.165) is 31.6 Å². The number of amides is 1. The number of carbonyl (C=O) groups excluding carboxylic acids is 1. The molecular weight excluding hydrogens is 358 g/mol. The second kappa shape index (κ2) is 9.82. The number of likely N-dealkylation sites (tertiary alicyclic amines) is 1. The van der Waals surface area contributed by atoms with Crippen LogP contribution in [-0.4, -0.2) is 70.5 Å². The largest absolute Gasteiger partial charge is 0.450 e. The van der Waals surface area contributed by atoms with Gasteiger partial charge in [-0.15, -0.1) is 5.10 Å². The molecule has 0 aromatic carbocycles. The number of rotatable bonds is 7. The molecule has 0 unspecified atom stereocenters. The third kappa shape index (κ3) is 5.51. The first kappa shape index (κ1) is 19.8. The number of anilines is 2. The van der Waals surface area contributed by atoms with Crippen molar-refractivity contribution in [2.75, 3.05) is 43.5 Å². The summed E-state index contributed by atoms with van der Waals surface area (Å²) in [6.07, 6.45) is 7.58. The van der Waals surface area contributed by atoms with Crippen LogP contribution in [0.1, 0.15) is 25.3 Å². The van der Waals surface area contributed by atoms with Crippen molar-refractivity contribution in [3.8, 4) is 0 Å². The van der Waals surface area contributed by atoms with Crippen LogP contribution in [0, 0.1) is 0 Å². The van der Waals surface area contributed by atoms with Crippen LogP contribution in [0.4, 0.5) is 16.6 Å². The Bertz CT molecular complexity index is 751. The number of pyridine rings is 1. The Labute approximate surface area is 165 Å². The van der Waals surface area contributed by atoms with E-state index in [1.165, 1.54) is 5.56 Å². The van der Waals surface area contributed by atoms with Crippen LogP contribution in [0.2, 0.25) is 0 Å². The second-order valence-electron chi connectivity index (χ2n) is 6.77. The summed E-state index contributed by atoms with van der Waals surface area (Å²) in [5.74, 6) is 1.29. The van der Waals surface area contributed by atoms with Crippen molar-refractivity contribution >= 4 is 17.9 Å². The lowest BCUT2D eigenvalue weighted by Crippen LogP contribution is -2.42. The van der Waals surface area contributed by atoms with Crippen molar-refractivity contribution in [2.24, 2.45) is 0 Å². The molecule has 3 heterocycles. The summed E-state index contributed by atoms with van der Waals surface area (Å²) in [4.78, 5) is 24.2. The highest BCUT2D eigenvalue weighted by molar-refractivity contribution is 5.67. The average molecular weight is 385 g/mol. The summed E-state index contributed by atoms with van der Waals surface area (Å²) in [7, 11) is 1.99. The minimum atomic E-state index is -0.239. The summed E-state index contributed by atoms with van der Waals surface area (Å²) < 4.78 is 5.05. The van der Waals surface area contributed by atoms with E-state index in [0.29, 0.717) is 25.6 Å². The van der Waals surface area contributed by atoms with Gasteiger partial charge in [0.2, 0.25) is 5.95 Å². The summed E-state index contributed by atoms with van der Waals surface area (Å²) in [6.45, 7) is 4.36. The van der Waals surface area contributed by atoms with E-state index >= 15 is 0 Å². The topological polar surface area (TPSA) is 96.4 Å². The molecule has 1 saturated heterocycles. The number of aromatic nitrogens is 4. The molecule has 0 spiro atoms. The van der Waals surface area contributed by atoms with E-state index in [-0.39, 0.29) is 12.1 Å². The van der Waals surface area contributed by atoms with Gasteiger partial charge in [-0.3, -0.25) is 4.98 Å². The molecular formula is C19H27N7O2. The molecule has 1 aliphatic rings. The van der Waals surface area contributed by atoms with Gasteiger partial charge in [0.1, 0.15) is 0 Å². The maximum atomic E-state index is 11.8. The van der Waals surface area contributed by atoms with Crippen molar-refractivity contribution in [1.29, 1.82) is 0 Å². The summed E-state index contributed by atoms with van der Waals surface area (Å²) in [5.41, 5.74) is 1.23. The highest BCUT2D eigenvalue weighted by Gasteiger charge is 2.24. The number of ether oxygens (including phenoxy) is 1. The van der Waals surface area contributed by atoms with Gasteiger partial charge in [0, 0.05) is 45.1 Å². The Kier molecular flexibility index (Phi) is 6.94. The minimum Gasteiger partial charge on any atom is -0.450 e. The van der Waals surface area contributed by atoms with Crippen molar-refractivity contribution in [1.82, 2.24) is 25.1 Å². The minimum absolute atomic E-state index is 0.213. The standard InChI is InChI=1S/C19H27N7O2/c1-3-28-19(27)26-12-7-16(8-13-26)22-18-23-17(14-21-24-18)25(2)11-6-15-4-9-20-10-5-15/h4-5,9-10,14,16H,3,6-8,11-13H2,1-2H3,(H,22,23,24). The van der Waals surface area contributed by atoms with Crippen molar-refractivity contribution in [3.63, 3.8) is 0 Å². The molecule has 2 aromatic rings. The monoisotopic (exact) mass is 385 g/mol. The number of likely N-dealkylation sites (N-methyl/N-ethyl adjacent to an activating group) is 1. The van der Waals surface area contributed by atoms with Crippen LogP contribution < -0.4 is 10.2 Å². The van der Waals surface area contributed by atoms with Crippen LogP contribution in [0.3, 0.4) is 0 Å². The predicted molar refractivity (Wildman–Crippen MR) is 106 cm³/mol. The van der Waals surface area contributed by atoms with Crippen LogP contribution in [0.15, 0.2) is 30.7 Å². The SMILES string of the molecule is CCOC(=O)N1CCC(Nc2nncc(N(C)CCc3ccncc3)n2)CC1. The molecule has 1 N–H and O–H groups in total. The zero-order valence-electron chi connectivity index (χ0n) is 16.4. The summed E-state index contributed by atoms with van der Waals surface area (Å²) in [5, 5.41) is 11.5. The number of carbonyl (C=O) groups is 1. The predicted octanol–water partition coefficient (Wildman–Crippen LogP) is 1.98. The van der Waals surface area contributed by atoms with Gasteiger partial charge in [0.15, 0.2) is 5.82 Å². The highest BCUT2D eigenvalue weighted by Crippen LogP contribution is 2.16. The molecule has 1 amide bonds. The first-order valence-corrected chi connectivity index (χ1v) is 9.63. The Morgan fingerprint density at radius 1 is 1.32 bits per heavy atom. The Balaban J connectivity index is 1.50. The van der Waals surface area contributed by atoms with E-state index < -0.39 is 0 Å². The molecule has 0 radical (unpaired) electrons. The highest BCUT2D eigenvalue weighted by atomic mass is 16.6. The van der Waals surface area contributed by atoms with Crippen LogP contribution >= 0.6 is 0 Å². The van der Waals surface area contributed by atoms with Gasteiger partial charge in [-0.05, 0) is 43.9 Å². The number of nitrogens with one attached hydrogen (secondary N) is 1. The number of piperidine rings is 1. The quantitative estimate of drug-likeness (QED) is 0.773. The fraction of sp³-hybridized carbons (Fsp3) is 0.526. The number of nitrogens with zero attached hydrogens (tertiary/aromatic N) is 6. The van der Waals surface area contributed by atoms with E-state index in [1.54, 1.807) is 23.5 Å². The van der Waals surface area contributed by atoms with E-state index in [1.807, 2.05) is 26.1 Å². The van der Waals surface area contributed by atoms with Crippen LogP contribution in [0.25, 0.3) is 0 Å². The van der Waals surface area contributed by atoms with Crippen molar-refractivity contribution in [3.05, 3.63) is 36.3 Å². The lowest BCUT2D eigenvalue weighted by Gasteiger charge is -2.31. The molecule has 0 atom stereocenters. The third-order valence-corrected chi connectivity index (χ3v) is 4.78. The molecule has 1 aliphatic heterocycles. The van der Waals surface area contributed by atoms with Gasteiger partial charge in [-0.1, -0.05) is 0 Å². The number of hydrogen-bond acceptors (Lipinski definition) is 8. The van der Waals surface area contributed by atoms with Gasteiger partial charge < -0.3 is 19.9 Å². The molecule has 28 heavy (non-hydrogen) atoms. The molecule has 1 fully saturated rings. The first-order chi connectivity index (χ1) is 13.7. The molecule has 150 valence electrons. The van der Waals surface area contributed by atoms with E-state index in [2.05, 4.69) is 30.4 Å². The fourth-order valence-electron chi connectivity index (χ4n) is 3.10. The lowest BCUT2D eigenvalue weighted by molar-refractivity contribution is 0.0983. The normalized spacial score (nSPS) is 14.6. The molecule has 0 bridgehead atoms. The maximum Gasteiger partial charge on any atom is 0.409 e. The zero-order valence-corrected chi connectivity index (χ0v) is 16.4. The average Bonchev–Trinajstić information content (AvgIpc) is 2.73. The Morgan fingerprint density at radius 3 is 2.79 bits per heavy atom. The van der Waals surface area contributed by atoms with Gasteiger partial charge in [-0.25, -0.2) is 4.79 Å².